The van der Waals surface area contributed by atoms with Crippen LogP contribution in [0.2, 0.25) is 0 Å². The lowest BCUT2D eigenvalue weighted by atomic mass is 9.69. The highest BCUT2D eigenvalue weighted by Crippen LogP contribution is 2.65. The first kappa shape index (κ1) is 12.0. The van der Waals surface area contributed by atoms with Gasteiger partial charge in [0.1, 0.15) is 0 Å². The first-order valence-electron chi connectivity index (χ1n) is 7.45. The molecule has 0 saturated heterocycles. The van der Waals surface area contributed by atoms with Gasteiger partial charge in [-0.25, -0.2) is 0 Å². The van der Waals surface area contributed by atoms with Crippen molar-refractivity contribution < 1.29 is 0 Å². The minimum absolute atomic E-state index is 0.451. The number of nitrogens with two attached hydrogens (primary N) is 1. The van der Waals surface area contributed by atoms with E-state index in [4.69, 9.17) is 5.73 Å². The van der Waals surface area contributed by atoms with Crippen molar-refractivity contribution >= 4 is 0 Å². The van der Waals surface area contributed by atoms with Gasteiger partial charge in [0.2, 0.25) is 0 Å². The van der Waals surface area contributed by atoms with E-state index < -0.39 is 0 Å². The predicted octanol–water partition coefficient (Wildman–Crippen LogP) is 2.67. The Bertz CT molecular complexity index is 312. The standard InChI is InChI=1S/C15H28N2/c1-14(2)10-6-7-15(14,3)13(8-10)17-12-5-4-11(16)9-12/h10-13,17H,4-9,16H2,1-3H3. The largest absolute Gasteiger partial charge is 0.328 e. The topological polar surface area (TPSA) is 38.0 Å². The molecule has 0 amide bonds. The van der Waals surface area contributed by atoms with Crippen LogP contribution >= 0.6 is 0 Å². The average Bonchev–Trinajstić information content (AvgIpc) is 2.80. The van der Waals surface area contributed by atoms with E-state index in [1.165, 1.54) is 38.5 Å². The van der Waals surface area contributed by atoms with Crippen LogP contribution in [0.4, 0.5) is 0 Å². The summed E-state index contributed by atoms with van der Waals surface area (Å²) in [4.78, 5) is 0. The highest BCUT2D eigenvalue weighted by molar-refractivity contribution is 5.13. The Balaban J connectivity index is 1.70. The van der Waals surface area contributed by atoms with E-state index in [-0.39, 0.29) is 0 Å². The van der Waals surface area contributed by atoms with E-state index in [9.17, 15) is 0 Å². The normalized spacial score (nSPS) is 52.2. The maximum Gasteiger partial charge on any atom is 0.0131 e. The van der Waals surface area contributed by atoms with Crippen LogP contribution in [0.1, 0.15) is 59.3 Å². The highest BCUT2D eigenvalue weighted by atomic mass is 15.0. The van der Waals surface area contributed by atoms with Crippen LogP contribution in [0.25, 0.3) is 0 Å². The second kappa shape index (κ2) is 3.71. The van der Waals surface area contributed by atoms with Gasteiger partial charge in [-0.3, -0.25) is 0 Å². The quantitative estimate of drug-likeness (QED) is 0.773. The molecular formula is C15H28N2. The molecule has 0 aliphatic heterocycles. The Hall–Kier alpha value is -0.0800. The minimum Gasteiger partial charge on any atom is -0.328 e. The van der Waals surface area contributed by atoms with Crippen molar-refractivity contribution in [2.45, 2.75) is 77.4 Å². The van der Waals surface area contributed by atoms with E-state index in [2.05, 4.69) is 26.1 Å². The number of hydrogen-bond donors (Lipinski definition) is 2. The van der Waals surface area contributed by atoms with Gasteiger partial charge in [-0.2, -0.15) is 0 Å². The van der Waals surface area contributed by atoms with Gasteiger partial charge in [0.05, 0.1) is 0 Å². The monoisotopic (exact) mass is 236 g/mol. The van der Waals surface area contributed by atoms with Crippen molar-refractivity contribution in [2.75, 3.05) is 0 Å². The Kier molecular flexibility index (Phi) is 2.61. The van der Waals surface area contributed by atoms with Crippen molar-refractivity contribution in [2.24, 2.45) is 22.5 Å². The minimum atomic E-state index is 0.451. The molecule has 0 aromatic heterocycles. The maximum absolute atomic E-state index is 6.02. The van der Waals surface area contributed by atoms with Crippen LogP contribution in [0.15, 0.2) is 0 Å². The smallest absolute Gasteiger partial charge is 0.0131 e. The summed E-state index contributed by atoms with van der Waals surface area (Å²) in [6.45, 7) is 7.51. The van der Waals surface area contributed by atoms with Gasteiger partial charge in [-0.15, -0.1) is 0 Å². The highest BCUT2D eigenvalue weighted by Gasteiger charge is 2.61. The van der Waals surface area contributed by atoms with E-state index in [1.54, 1.807) is 0 Å². The first-order valence-corrected chi connectivity index (χ1v) is 7.45. The molecular weight excluding hydrogens is 208 g/mol. The van der Waals surface area contributed by atoms with E-state index in [1.807, 2.05) is 0 Å². The summed E-state index contributed by atoms with van der Waals surface area (Å²) in [6, 6.07) is 1.89. The molecule has 0 spiro atoms. The van der Waals surface area contributed by atoms with Gasteiger partial charge in [0.15, 0.2) is 0 Å². The molecule has 5 atom stereocenters. The number of rotatable bonds is 2. The third kappa shape index (κ3) is 1.60. The molecule has 0 aromatic rings. The van der Waals surface area contributed by atoms with E-state index >= 15 is 0 Å². The maximum atomic E-state index is 6.02. The zero-order chi connectivity index (χ0) is 12.3. The van der Waals surface area contributed by atoms with Gasteiger partial charge < -0.3 is 11.1 Å². The third-order valence-corrected chi connectivity index (χ3v) is 6.70. The van der Waals surface area contributed by atoms with Gasteiger partial charge in [-0.1, -0.05) is 20.8 Å². The molecule has 3 N–H and O–H groups in total. The molecule has 0 aromatic carbocycles. The lowest BCUT2D eigenvalue weighted by Crippen LogP contribution is -2.48. The lowest BCUT2D eigenvalue weighted by Gasteiger charge is -2.40. The zero-order valence-corrected chi connectivity index (χ0v) is 11.6. The molecule has 17 heavy (non-hydrogen) atoms. The molecule has 5 unspecified atom stereocenters. The molecule has 2 bridgehead atoms. The van der Waals surface area contributed by atoms with Crippen LogP contribution in [-0.4, -0.2) is 18.1 Å². The molecule has 0 heterocycles. The Morgan fingerprint density at radius 3 is 2.29 bits per heavy atom. The van der Waals surface area contributed by atoms with Crippen LogP contribution in [0.3, 0.4) is 0 Å². The lowest BCUT2D eigenvalue weighted by molar-refractivity contribution is 0.115. The fourth-order valence-corrected chi connectivity index (χ4v) is 4.91. The number of hydrogen-bond acceptors (Lipinski definition) is 2. The van der Waals surface area contributed by atoms with Gasteiger partial charge >= 0.3 is 0 Å². The zero-order valence-electron chi connectivity index (χ0n) is 11.6. The summed E-state index contributed by atoms with van der Waals surface area (Å²) in [7, 11) is 0. The number of nitrogens with one attached hydrogen (secondary N) is 1. The third-order valence-electron chi connectivity index (χ3n) is 6.70. The van der Waals surface area contributed by atoms with Gasteiger partial charge in [0, 0.05) is 18.1 Å². The molecule has 98 valence electrons. The summed E-state index contributed by atoms with van der Waals surface area (Å²) < 4.78 is 0. The summed E-state index contributed by atoms with van der Waals surface area (Å²) in [5.74, 6) is 0.945. The van der Waals surface area contributed by atoms with Crippen molar-refractivity contribution in [1.29, 1.82) is 0 Å². The molecule has 2 heteroatoms. The van der Waals surface area contributed by atoms with Crippen molar-refractivity contribution in [3.8, 4) is 0 Å². The van der Waals surface area contributed by atoms with Crippen LogP contribution in [0, 0.1) is 16.7 Å². The number of fused-ring (bicyclic) bond motifs is 2. The van der Waals surface area contributed by atoms with Crippen molar-refractivity contribution in [1.82, 2.24) is 5.32 Å². The molecule has 3 fully saturated rings. The molecule has 3 rings (SSSR count). The average molecular weight is 236 g/mol. The summed E-state index contributed by atoms with van der Waals surface area (Å²) >= 11 is 0. The Morgan fingerprint density at radius 1 is 1.06 bits per heavy atom. The van der Waals surface area contributed by atoms with E-state index in [0.717, 1.165) is 12.0 Å². The summed E-state index contributed by atoms with van der Waals surface area (Å²) in [5.41, 5.74) is 7.07. The summed E-state index contributed by atoms with van der Waals surface area (Å²) in [5, 5.41) is 3.96. The van der Waals surface area contributed by atoms with Gasteiger partial charge in [-0.05, 0) is 55.3 Å². The second-order valence-electron chi connectivity index (χ2n) is 7.60. The molecule has 3 aliphatic carbocycles. The first-order chi connectivity index (χ1) is 7.93. The second-order valence-corrected chi connectivity index (χ2v) is 7.60. The Morgan fingerprint density at radius 2 is 1.82 bits per heavy atom. The van der Waals surface area contributed by atoms with Crippen molar-refractivity contribution in [3.05, 3.63) is 0 Å². The molecule has 0 radical (unpaired) electrons. The Labute approximate surface area is 106 Å². The fraction of sp³-hybridized carbons (Fsp3) is 1.00. The van der Waals surface area contributed by atoms with Crippen LogP contribution in [-0.2, 0) is 0 Å². The molecule has 3 aliphatic rings. The van der Waals surface area contributed by atoms with Gasteiger partial charge in [0.25, 0.3) is 0 Å². The SMILES string of the molecule is CC1(C)C2CCC1(C)C(NC1CCC(N)C1)C2. The molecule has 2 nitrogen and oxygen atoms in total. The molecule has 3 saturated carbocycles. The summed E-state index contributed by atoms with van der Waals surface area (Å²) in [6.07, 6.45) is 7.96. The van der Waals surface area contributed by atoms with Crippen LogP contribution < -0.4 is 11.1 Å². The predicted molar refractivity (Wildman–Crippen MR) is 71.8 cm³/mol. The van der Waals surface area contributed by atoms with E-state index in [0.29, 0.717) is 22.9 Å². The van der Waals surface area contributed by atoms with Crippen LogP contribution in [0.5, 0.6) is 0 Å². The fourth-order valence-electron chi connectivity index (χ4n) is 4.91. The van der Waals surface area contributed by atoms with Crippen molar-refractivity contribution in [3.63, 3.8) is 0 Å².